The Hall–Kier alpha value is -2.24. The van der Waals surface area contributed by atoms with Crippen molar-refractivity contribution in [2.75, 3.05) is 25.1 Å². The van der Waals surface area contributed by atoms with Gasteiger partial charge >= 0.3 is 6.03 Å². The SMILES string of the molecule is COc1ccc(N2C[C@H](NC(=O)N3CCCC[C@@H]3C)CC2=O)cc1. The molecule has 3 amide bonds. The highest BCUT2D eigenvalue weighted by Gasteiger charge is 2.33. The number of benzene rings is 1. The van der Waals surface area contributed by atoms with Gasteiger partial charge in [0, 0.05) is 31.2 Å². The molecule has 1 N–H and O–H groups in total. The summed E-state index contributed by atoms with van der Waals surface area (Å²) in [6.07, 6.45) is 3.63. The summed E-state index contributed by atoms with van der Waals surface area (Å²) in [5, 5.41) is 3.03. The second-order valence-corrected chi connectivity index (χ2v) is 6.59. The summed E-state index contributed by atoms with van der Waals surface area (Å²) in [6.45, 7) is 3.40. The van der Waals surface area contributed by atoms with Crippen molar-refractivity contribution < 1.29 is 14.3 Å². The van der Waals surface area contributed by atoms with Crippen molar-refractivity contribution in [3.8, 4) is 5.75 Å². The van der Waals surface area contributed by atoms with Gasteiger partial charge < -0.3 is 19.9 Å². The van der Waals surface area contributed by atoms with Crippen LogP contribution < -0.4 is 15.0 Å². The maximum atomic E-state index is 12.5. The van der Waals surface area contributed by atoms with E-state index in [1.54, 1.807) is 12.0 Å². The minimum Gasteiger partial charge on any atom is -0.497 e. The van der Waals surface area contributed by atoms with Gasteiger partial charge in [0.15, 0.2) is 0 Å². The maximum Gasteiger partial charge on any atom is 0.317 e. The molecule has 2 heterocycles. The zero-order chi connectivity index (χ0) is 17.1. The highest BCUT2D eigenvalue weighted by atomic mass is 16.5. The van der Waals surface area contributed by atoms with Crippen LogP contribution in [-0.2, 0) is 4.79 Å². The lowest BCUT2D eigenvalue weighted by Crippen LogP contribution is -2.50. The van der Waals surface area contributed by atoms with E-state index in [1.807, 2.05) is 29.2 Å². The first kappa shape index (κ1) is 16.6. The predicted octanol–water partition coefficient (Wildman–Crippen LogP) is 2.38. The number of nitrogens with one attached hydrogen (secondary N) is 1. The number of carbonyl (C=O) groups excluding carboxylic acids is 2. The van der Waals surface area contributed by atoms with Crippen LogP contribution >= 0.6 is 0 Å². The molecule has 2 fully saturated rings. The third-order valence-electron chi connectivity index (χ3n) is 4.90. The highest BCUT2D eigenvalue weighted by molar-refractivity contribution is 5.96. The number of likely N-dealkylation sites (tertiary alicyclic amines) is 1. The number of hydrogen-bond donors (Lipinski definition) is 1. The standard InChI is InChI=1S/C18H25N3O3/c1-13-5-3-4-10-20(13)18(23)19-14-11-17(22)21(12-14)15-6-8-16(24-2)9-7-15/h6-9,13-14H,3-5,10-12H2,1-2H3,(H,19,23)/t13-,14+/m0/s1. The monoisotopic (exact) mass is 331 g/mol. The number of rotatable bonds is 3. The van der Waals surface area contributed by atoms with Gasteiger partial charge in [-0.3, -0.25) is 4.79 Å². The lowest BCUT2D eigenvalue weighted by atomic mass is 10.0. The van der Waals surface area contributed by atoms with Gasteiger partial charge in [-0.1, -0.05) is 0 Å². The second-order valence-electron chi connectivity index (χ2n) is 6.59. The zero-order valence-corrected chi connectivity index (χ0v) is 14.3. The number of amides is 3. The molecule has 0 spiro atoms. The van der Waals surface area contributed by atoms with Crippen molar-refractivity contribution in [3.63, 3.8) is 0 Å². The molecule has 6 nitrogen and oxygen atoms in total. The molecule has 2 aliphatic heterocycles. The minimum atomic E-state index is -0.138. The molecular formula is C18H25N3O3. The largest absolute Gasteiger partial charge is 0.497 e. The van der Waals surface area contributed by atoms with Gasteiger partial charge in [-0.2, -0.15) is 0 Å². The van der Waals surface area contributed by atoms with Gasteiger partial charge in [0.25, 0.3) is 0 Å². The third-order valence-corrected chi connectivity index (χ3v) is 4.90. The summed E-state index contributed by atoms with van der Waals surface area (Å²) in [4.78, 5) is 28.4. The number of methoxy groups -OCH3 is 1. The molecule has 2 saturated heterocycles. The lowest BCUT2D eigenvalue weighted by molar-refractivity contribution is -0.117. The first-order valence-corrected chi connectivity index (χ1v) is 8.60. The van der Waals surface area contributed by atoms with E-state index in [2.05, 4.69) is 12.2 Å². The van der Waals surface area contributed by atoms with Crippen molar-refractivity contribution in [2.45, 2.75) is 44.7 Å². The van der Waals surface area contributed by atoms with Crippen LogP contribution in [0.5, 0.6) is 5.75 Å². The van der Waals surface area contributed by atoms with Crippen molar-refractivity contribution in [1.29, 1.82) is 0 Å². The van der Waals surface area contributed by atoms with E-state index in [0.717, 1.165) is 30.8 Å². The molecule has 2 aliphatic rings. The Balaban J connectivity index is 1.60. The molecule has 6 heteroatoms. The van der Waals surface area contributed by atoms with Crippen LogP contribution in [0.4, 0.5) is 10.5 Å². The van der Waals surface area contributed by atoms with Crippen molar-refractivity contribution >= 4 is 17.6 Å². The van der Waals surface area contributed by atoms with E-state index >= 15 is 0 Å². The van der Waals surface area contributed by atoms with Crippen LogP contribution in [0.2, 0.25) is 0 Å². The van der Waals surface area contributed by atoms with E-state index in [1.165, 1.54) is 6.42 Å². The fourth-order valence-electron chi connectivity index (χ4n) is 3.47. The van der Waals surface area contributed by atoms with E-state index in [0.29, 0.717) is 13.0 Å². The smallest absolute Gasteiger partial charge is 0.317 e. The highest BCUT2D eigenvalue weighted by Crippen LogP contribution is 2.24. The summed E-state index contributed by atoms with van der Waals surface area (Å²) in [7, 11) is 1.61. The van der Waals surface area contributed by atoms with Gasteiger partial charge in [-0.05, 0) is 50.5 Å². The summed E-state index contributed by atoms with van der Waals surface area (Å²) in [5.74, 6) is 0.798. The first-order chi connectivity index (χ1) is 11.6. The van der Waals surface area contributed by atoms with Gasteiger partial charge in [-0.25, -0.2) is 4.79 Å². The van der Waals surface area contributed by atoms with Gasteiger partial charge in [-0.15, -0.1) is 0 Å². The fraction of sp³-hybridized carbons (Fsp3) is 0.556. The Kier molecular flexibility index (Phi) is 4.92. The molecule has 130 valence electrons. The van der Waals surface area contributed by atoms with E-state index in [4.69, 9.17) is 4.74 Å². The Morgan fingerprint density at radius 3 is 2.67 bits per heavy atom. The number of anilines is 1. The minimum absolute atomic E-state index is 0.0390. The Morgan fingerprint density at radius 2 is 2.00 bits per heavy atom. The quantitative estimate of drug-likeness (QED) is 0.925. The Bertz CT molecular complexity index is 602. The number of carbonyl (C=O) groups is 2. The molecule has 0 bridgehead atoms. The molecule has 24 heavy (non-hydrogen) atoms. The summed E-state index contributed by atoms with van der Waals surface area (Å²) in [5.41, 5.74) is 0.837. The maximum absolute atomic E-state index is 12.5. The topological polar surface area (TPSA) is 61.9 Å². The van der Waals surface area contributed by atoms with Crippen molar-refractivity contribution in [2.24, 2.45) is 0 Å². The number of urea groups is 1. The summed E-state index contributed by atoms with van der Waals surface area (Å²) < 4.78 is 5.14. The average Bonchev–Trinajstić information content (AvgIpc) is 2.95. The fourth-order valence-corrected chi connectivity index (χ4v) is 3.47. The molecule has 3 rings (SSSR count). The molecule has 0 saturated carbocycles. The number of nitrogens with zero attached hydrogens (tertiary/aromatic N) is 2. The summed E-state index contributed by atoms with van der Waals surface area (Å²) in [6, 6.07) is 7.50. The molecule has 0 aromatic heterocycles. The predicted molar refractivity (Wildman–Crippen MR) is 92.3 cm³/mol. The molecule has 0 radical (unpaired) electrons. The second kappa shape index (κ2) is 7.11. The molecule has 0 aliphatic carbocycles. The van der Waals surface area contributed by atoms with Crippen LogP contribution in [0.25, 0.3) is 0 Å². The lowest BCUT2D eigenvalue weighted by Gasteiger charge is -2.34. The molecule has 1 aromatic rings. The van der Waals surface area contributed by atoms with Crippen LogP contribution in [-0.4, -0.2) is 49.1 Å². The van der Waals surface area contributed by atoms with Crippen LogP contribution in [0, 0.1) is 0 Å². The Morgan fingerprint density at radius 1 is 1.25 bits per heavy atom. The van der Waals surface area contributed by atoms with Gasteiger partial charge in [0.05, 0.1) is 13.2 Å². The Labute approximate surface area is 142 Å². The average molecular weight is 331 g/mol. The van der Waals surface area contributed by atoms with Crippen LogP contribution in [0.15, 0.2) is 24.3 Å². The van der Waals surface area contributed by atoms with E-state index in [9.17, 15) is 9.59 Å². The van der Waals surface area contributed by atoms with Gasteiger partial charge in [0.2, 0.25) is 5.91 Å². The number of piperidine rings is 1. The van der Waals surface area contributed by atoms with Crippen LogP contribution in [0.3, 0.4) is 0 Å². The van der Waals surface area contributed by atoms with Crippen molar-refractivity contribution in [1.82, 2.24) is 10.2 Å². The third kappa shape index (κ3) is 3.47. The van der Waals surface area contributed by atoms with E-state index < -0.39 is 0 Å². The molecule has 2 atom stereocenters. The van der Waals surface area contributed by atoms with Crippen molar-refractivity contribution in [3.05, 3.63) is 24.3 Å². The molecule has 0 unspecified atom stereocenters. The number of hydrogen-bond acceptors (Lipinski definition) is 3. The number of ether oxygens (including phenoxy) is 1. The van der Waals surface area contributed by atoms with Gasteiger partial charge in [0.1, 0.15) is 5.75 Å². The molecular weight excluding hydrogens is 306 g/mol. The normalized spacial score (nSPS) is 24.2. The van der Waals surface area contributed by atoms with E-state index in [-0.39, 0.29) is 24.0 Å². The van der Waals surface area contributed by atoms with Crippen LogP contribution in [0.1, 0.15) is 32.6 Å². The zero-order valence-electron chi connectivity index (χ0n) is 14.3. The summed E-state index contributed by atoms with van der Waals surface area (Å²) >= 11 is 0. The first-order valence-electron chi connectivity index (χ1n) is 8.60. The molecule has 1 aromatic carbocycles.